The molecule has 3 rings (SSSR count). The molecule has 1 heterocycles. The Morgan fingerprint density at radius 2 is 1.69 bits per heavy atom. The van der Waals surface area contributed by atoms with Crippen LogP contribution in [0.15, 0.2) is 52.9 Å². The van der Waals surface area contributed by atoms with E-state index < -0.39 is 17.6 Å². The summed E-state index contributed by atoms with van der Waals surface area (Å²) >= 11 is 0. The number of nitrogens with zero attached hydrogens (tertiary/aromatic N) is 2. The molecule has 0 saturated heterocycles. The number of ether oxygens (including phenoxy) is 1. The molecular formula is C20H19FN4O4. The van der Waals surface area contributed by atoms with E-state index in [9.17, 15) is 14.0 Å². The molecule has 8 nitrogen and oxygen atoms in total. The first-order valence-corrected chi connectivity index (χ1v) is 8.85. The summed E-state index contributed by atoms with van der Waals surface area (Å²) in [5, 5.41) is 7.89. The molecule has 1 aromatic heterocycles. The lowest BCUT2D eigenvalue weighted by molar-refractivity contribution is -0.130. The number of halogens is 1. The Bertz CT molecular complexity index is 971. The van der Waals surface area contributed by atoms with Crippen molar-refractivity contribution in [2.75, 3.05) is 6.61 Å². The van der Waals surface area contributed by atoms with Crippen LogP contribution in [0.2, 0.25) is 0 Å². The van der Waals surface area contributed by atoms with Crippen molar-refractivity contribution < 1.29 is 23.1 Å². The first kappa shape index (κ1) is 20.0. The summed E-state index contributed by atoms with van der Waals surface area (Å²) in [5.41, 5.74) is 6.43. The molecule has 0 atom stereocenters. The minimum absolute atomic E-state index is 0.0502. The minimum atomic E-state index is -0.554. The number of aryl methyl sites for hydroxylation is 2. The monoisotopic (exact) mass is 398 g/mol. The predicted molar refractivity (Wildman–Crippen MR) is 101 cm³/mol. The molecular weight excluding hydrogens is 379 g/mol. The molecule has 9 heteroatoms. The molecule has 0 fully saturated rings. The van der Waals surface area contributed by atoms with Crippen LogP contribution in [0.4, 0.5) is 4.39 Å². The summed E-state index contributed by atoms with van der Waals surface area (Å²) < 4.78 is 23.5. The fourth-order valence-corrected chi connectivity index (χ4v) is 2.31. The zero-order valence-corrected chi connectivity index (χ0v) is 15.6. The zero-order chi connectivity index (χ0) is 20.6. The van der Waals surface area contributed by atoms with Gasteiger partial charge in [0.15, 0.2) is 6.61 Å². The average Bonchev–Trinajstić information content (AvgIpc) is 3.20. The molecule has 0 bridgehead atoms. The third-order valence-corrected chi connectivity index (χ3v) is 3.86. The van der Waals surface area contributed by atoms with E-state index in [1.54, 1.807) is 0 Å². The molecule has 2 N–H and O–H groups in total. The quantitative estimate of drug-likeness (QED) is 0.592. The molecule has 0 unspecified atom stereocenters. The van der Waals surface area contributed by atoms with Gasteiger partial charge in [-0.1, -0.05) is 17.7 Å². The summed E-state index contributed by atoms with van der Waals surface area (Å²) in [6, 6.07) is 12.9. The number of hydrogen-bond acceptors (Lipinski definition) is 6. The van der Waals surface area contributed by atoms with E-state index in [4.69, 9.17) is 9.15 Å². The normalized spacial score (nSPS) is 10.4. The minimum Gasteiger partial charge on any atom is -0.484 e. The Kier molecular flexibility index (Phi) is 6.51. The number of rotatable bonds is 7. The Morgan fingerprint density at radius 3 is 2.41 bits per heavy atom. The Balaban J connectivity index is 1.38. The highest BCUT2D eigenvalue weighted by atomic mass is 19.1. The zero-order valence-electron chi connectivity index (χ0n) is 15.6. The second-order valence-electron chi connectivity index (χ2n) is 6.21. The van der Waals surface area contributed by atoms with Crippen LogP contribution >= 0.6 is 0 Å². The summed E-state index contributed by atoms with van der Waals surface area (Å²) in [6.45, 7) is 1.66. The van der Waals surface area contributed by atoms with Gasteiger partial charge in [0.1, 0.15) is 11.6 Å². The number of carbonyl (C=O) groups is 2. The van der Waals surface area contributed by atoms with Crippen LogP contribution in [0.5, 0.6) is 5.75 Å². The molecule has 0 aliphatic heterocycles. The van der Waals surface area contributed by atoms with Crippen molar-refractivity contribution >= 4 is 11.8 Å². The first-order chi connectivity index (χ1) is 14.0. The van der Waals surface area contributed by atoms with Crippen molar-refractivity contribution in [3.63, 3.8) is 0 Å². The van der Waals surface area contributed by atoms with Crippen molar-refractivity contribution in [2.45, 2.75) is 19.8 Å². The molecule has 3 aromatic rings. The number of hydrazine groups is 1. The van der Waals surface area contributed by atoms with E-state index in [0.29, 0.717) is 17.5 Å². The largest absolute Gasteiger partial charge is 0.484 e. The lowest BCUT2D eigenvalue weighted by Crippen LogP contribution is -2.43. The van der Waals surface area contributed by atoms with Gasteiger partial charge in [0.2, 0.25) is 17.7 Å². The summed E-state index contributed by atoms with van der Waals surface area (Å²) in [6.07, 6.45) is 0.279. The molecule has 29 heavy (non-hydrogen) atoms. The van der Waals surface area contributed by atoms with Crippen LogP contribution in [0.1, 0.15) is 17.9 Å². The van der Waals surface area contributed by atoms with Gasteiger partial charge in [-0.3, -0.25) is 20.4 Å². The number of aromatic nitrogens is 2. The highest BCUT2D eigenvalue weighted by Gasteiger charge is 2.11. The van der Waals surface area contributed by atoms with Gasteiger partial charge in [-0.2, -0.15) is 0 Å². The maximum Gasteiger partial charge on any atom is 0.276 e. The molecule has 0 aliphatic rings. The van der Waals surface area contributed by atoms with Gasteiger partial charge in [-0.15, -0.1) is 10.2 Å². The van der Waals surface area contributed by atoms with Gasteiger partial charge < -0.3 is 9.15 Å². The molecule has 0 radical (unpaired) electrons. The van der Waals surface area contributed by atoms with Crippen LogP contribution in [0.3, 0.4) is 0 Å². The standard InChI is InChI=1S/C20H19FN4O4/c1-13-2-4-14(5-3-13)20-25-24-19(29-20)11-10-17(26)22-23-18(27)12-28-16-8-6-15(21)7-9-16/h2-9H,10-12H2,1H3,(H,22,26)(H,23,27). The molecule has 0 spiro atoms. The predicted octanol–water partition coefficient (Wildman–Crippen LogP) is 2.34. The second kappa shape index (κ2) is 9.45. The summed E-state index contributed by atoms with van der Waals surface area (Å²) in [4.78, 5) is 23.5. The number of benzene rings is 2. The van der Waals surface area contributed by atoms with Crippen LogP contribution < -0.4 is 15.6 Å². The average molecular weight is 398 g/mol. The third kappa shape index (κ3) is 6.13. The van der Waals surface area contributed by atoms with E-state index >= 15 is 0 Å². The van der Waals surface area contributed by atoms with Crippen molar-refractivity contribution in [1.29, 1.82) is 0 Å². The topological polar surface area (TPSA) is 106 Å². The lowest BCUT2D eigenvalue weighted by Gasteiger charge is -2.08. The molecule has 150 valence electrons. The van der Waals surface area contributed by atoms with Crippen molar-refractivity contribution in [1.82, 2.24) is 21.0 Å². The van der Waals surface area contributed by atoms with Crippen LogP contribution in [-0.2, 0) is 16.0 Å². The Labute approximate surface area is 166 Å². The fraction of sp³-hybridized carbons (Fsp3) is 0.200. The van der Waals surface area contributed by atoms with Gasteiger partial charge in [0.05, 0.1) is 0 Å². The van der Waals surface area contributed by atoms with Crippen molar-refractivity contribution in [2.24, 2.45) is 0 Å². The van der Waals surface area contributed by atoms with Crippen LogP contribution in [-0.4, -0.2) is 28.6 Å². The van der Waals surface area contributed by atoms with Gasteiger partial charge in [0.25, 0.3) is 5.91 Å². The van der Waals surface area contributed by atoms with Gasteiger partial charge in [-0.05, 0) is 43.3 Å². The smallest absolute Gasteiger partial charge is 0.276 e. The van der Waals surface area contributed by atoms with Crippen molar-refractivity contribution in [3.05, 3.63) is 65.8 Å². The first-order valence-electron chi connectivity index (χ1n) is 8.85. The number of hydrogen-bond donors (Lipinski definition) is 2. The summed E-state index contributed by atoms with van der Waals surface area (Å²) in [5.74, 6) is -0.333. The highest BCUT2D eigenvalue weighted by molar-refractivity contribution is 5.82. The molecule has 0 aliphatic carbocycles. The molecule has 0 saturated carbocycles. The number of amides is 2. The van der Waals surface area contributed by atoms with Gasteiger partial charge in [0, 0.05) is 18.4 Å². The second-order valence-corrected chi connectivity index (χ2v) is 6.21. The number of nitrogens with one attached hydrogen (secondary N) is 2. The SMILES string of the molecule is Cc1ccc(-c2nnc(CCC(=O)NNC(=O)COc3ccc(F)cc3)o2)cc1. The maximum absolute atomic E-state index is 12.8. The van der Waals surface area contributed by atoms with Gasteiger partial charge >= 0.3 is 0 Å². The molecule has 2 amide bonds. The van der Waals surface area contributed by atoms with E-state index in [2.05, 4.69) is 21.0 Å². The number of carbonyl (C=O) groups excluding carboxylic acids is 2. The van der Waals surface area contributed by atoms with E-state index in [0.717, 1.165) is 11.1 Å². The maximum atomic E-state index is 12.8. The Hall–Kier alpha value is -3.75. The van der Waals surface area contributed by atoms with Crippen LogP contribution in [0, 0.1) is 12.7 Å². The van der Waals surface area contributed by atoms with Crippen molar-refractivity contribution in [3.8, 4) is 17.2 Å². The van der Waals surface area contributed by atoms with Crippen LogP contribution in [0.25, 0.3) is 11.5 Å². The highest BCUT2D eigenvalue weighted by Crippen LogP contribution is 2.18. The molecule has 2 aromatic carbocycles. The lowest BCUT2D eigenvalue weighted by atomic mass is 10.1. The third-order valence-electron chi connectivity index (χ3n) is 3.86. The van der Waals surface area contributed by atoms with E-state index in [1.807, 2.05) is 31.2 Å². The van der Waals surface area contributed by atoms with E-state index in [-0.39, 0.29) is 19.4 Å². The Morgan fingerprint density at radius 1 is 1.00 bits per heavy atom. The van der Waals surface area contributed by atoms with Gasteiger partial charge in [-0.25, -0.2) is 4.39 Å². The van der Waals surface area contributed by atoms with E-state index in [1.165, 1.54) is 24.3 Å². The summed E-state index contributed by atoms with van der Waals surface area (Å²) in [7, 11) is 0. The fourth-order valence-electron chi connectivity index (χ4n) is 2.31.